The number of aromatic amines is 3. The normalized spacial score (nSPS) is 13.8. The quantitative estimate of drug-likeness (QED) is 0.0789. The van der Waals surface area contributed by atoms with Crippen LogP contribution in [0.2, 0.25) is 0 Å². The number of carbonyl (C=O) groups excluding carboxylic acids is 2. The number of hydrogen-bond acceptors (Lipinski definition) is 11. The molecule has 1 unspecified atom stereocenters. The number of piperazine rings is 1. The van der Waals surface area contributed by atoms with Crippen molar-refractivity contribution < 1.29 is 29.7 Å². The third kappa shape index (κ3) is 8.92. The SMILES string of the molecule is CC(C)c1cc(-c2n[nH]c(=O)n2-c2ccc(CN3CCN(C(=O)CCC(NC(=O)c4ccc(CCc5c[nH]c6nc(N)[nH]c(=O)c56)cc4)C(=O)O)CC3)cc2)c(O)cc1O. The van der Waals surface area contributed by atoms with Crippen LogP contribution in [0.5, 0.6) is 11.5 Å². The fraction of sp³-hybridized carbons (Fsp3) is 0.310. The zero-order valence-electron chi connectivity index (χ0n) is 33.1. The first-order valence-corrected chi connectivity index (χ1v) is 19.6. The fourth-order valence-corrected chi connectivity index (χ4v) is 7.46. The Morgan fingerprint density at radius 1 is 0.917 bits per heavy atom. The van der Waals surface area contributed by atoms with E-state index in [-0.39, 0.29) is 59.1 Å². The molecule has 3 aromatic carbocycles. The van der Waals surface area contributed by atoms with Crippen LogP contribution in [0.3, 0.4) is 0 Å². The molecule has 1 fully saturated rings. The number of anilines is 1. The number of carboxylic acids is 1. The summed E-state index contributed by atoms with van der Waals surface area (Å²) in [6.07, 6.45) is 2.71. The predicted molar refractivity (Wildman–Crippen MR) is 222 cm³/mol. The van der Waals surface area contributed by atoms with Crippen LogP contribution in [0.4, 0.5) is 5.95 Å². The summed E-state index contributed by atoms with van der Waals surface area (Å²) in [5.74, 6) is -2.04. The number of H-pyrrole nitrogens is 3. The summed E-state index contributed by atoms with van der Waals surface area (Å²) in [5.41, 5.74) is 9.62. The van der Waals surface area contributed by atoms with Crippen LogP contribution in [-0.2, 0) is 29.0 Å². The molecular formula is C42H46N10O8. The number of aryl methyl sites for hydroxylation is 2. The molecule has 312 valence electrons. The molecule has 0 radical (unpaired) electrons. The molecular weight excluding hydrogens is 773 g/mol. The number of carbonyl (C=O) groups is 3. The molecule has 60 heavy (non-hydrogen) atoms. The molecule has 4 heterocycles. The van der Waals surface area contributed by atoms with Crippen LogP contribution in [0.1, 0.15) is 65.2 Å². The molecule has 7 rings (SSSR count). The first kappa shape index (κ1) is 41.0. The summed E-state index contributed by atoms with van der Waals surface area (Å²) >= 11 is 0. The molecule has 2 amide bonds. The number of aromatic nitrogens is 6. The van der Waals surface area contributed by atoms with Crippen molar-refractivity contribution in [3.8, 4) is 28.6 Å². The van der Waals surface area contributed by atoms with E-state index < -0.39 is 23.6 Å². The molecule has 0 spiro atoms. The minimum absolute atomic E-state index is 0.0277. The third-order valence-corrected chi connectivity index (χ3v) is 10.8. The molecule has 1 aliphatic rings. The maximum absolute atomic E-state index is 13.1. The zero-order chi connectivity index (χ0) is 42.7. The van der Waals surface area contributed by atoms with Gasteiger partial charge in [-0.2, -0.15) is 10.1 Å². The van der Waals surface area contributed by atoms with Gasteiger partial charge in [0.1, 0.15) is 23.2 Å². The van der Waals surface area contributed by atoms with E-state index in [2.05, 4.69) is 35.4 Å². The van der Waals surface area contributed by atoms with Crippen LogP contribution in [0.15, 0.2) is 76.4 Å². The lowest BCUT2D eigenvalue weighted by atomic mass is 9.98. The molecule has 0 bridgehead atoms. The first-order valence-electron chi connectivity index (χ1n) is 19.6. The maximum Gasteiger partial charge on any atom is 0.348 e. The number of benzene rings is 3. The van der Waals surface area contributed by atoms with E-state index in [1.807, 2.05) is 26.0 Å². The molecule has 18 heteroatoms. The van der Waals surface area contributed by atoms with Gasteiger partial charge in [-0.15, -0.1) is 0 Å². The number of nitrogens with zero attached hydrogens (tertiary/aromatic N) is 5. The van der Waals surface area contributed by atoms with E-state index in [1.54, 1.807) is 53.6 Å². The summed E-state index contributed by atoms with van der Waals surface area (Å²) in [4.78, 5) is 76.9. The average molecular weight is 819 g/mol. The van der Waals surface area contributed by atoms with Gasteiger partial charge in [-0.25, -0.2) is 19.3 Å². The summed E-state index contributed by atoms with van der Waals surface area (Å²) in [7, 11) is 0. The van der Waals surface area contributed by atoms with Crippen molar-refractivity contribution >= 4 is 34.8 Å². The van der Waals surface area contributed by atoms with Gasteiger partial charge < -0.3 is 36.3 Å². The maximum atomic E-state index is 13.1. The second-order valence-corrected chi connectivity index (χ2v) is 15.2. The zero-order valence-corrected chi connectivity index (χ0v) is 33.1. The van der Waals surface area contributed by atoms with Crippen LogP contribution >= 0.6 is 0 Å². The van der Waals surface area contributed by atoms with Crippen LogP contribution in [-0.4, -0.2) is 105 Å². The Labute approximate surface area is 342 Å². The number of rotatable bonds is 14. The number of carboxylic acid groups (broad SMARTS) is 1. The van der Waals surface area contributed by atoms with Gasteiger partial charge in [0.25, 0.3) is 11.5 Å². The second-order valence-electron chi connectivity index (χ2n) is 15.2. The van der Waals surface area contributed by atoms with Gasteiger partial charge in [-0.3, -0.25) is 24.3 Å². The van der Waals surface area contributed by atoms with E-state index in [1.165, 1.54) is 10.6 Å². The number of phenolic OH excluding ortho intramolecular Hbond substituents is 2. The number of phenols is 2. The van der Waals surface area contributed by atoms with Crippen LogP contribution in [0.25, 0.3) is 28.1 Å². The third-order valence-electron chi connectivity index (χ3n) is 10.8. The van der Waals surface area contributed by atoms with Crippen molar-refractivity contribution in [3.05, 3.63) is 116 Å². The van der Waals surface area contributed by atoms with Gasteiger partial charge in [0.05, 0.1) is 16.6 Å². The number of aliphatic carboxylic acids is 1. The largest absolute Gasteiger partial charge is 0.508 e. The smallest absolute Gasteiger partial charge is 0.348 e. The summed E-state index contributed by atoms with van der Waals surface area (Å²) in [5, 5.41) is 40.4. The molecule has 3 aromatic heterocycles. The fourth-order valence-electron chi connectivity index (χ4n) is 7.46. The Bertz CT molecular complexity index is 2650. The van der Waals surface area contributed by atoms with E-state index in [9.17, 15) is 39.3 Å². The highest BCUT2D eigenvalue weighted by Crippen LogP contribution is 2.37. The van der Waals surface area contributed by atoms with Crippen molar-refractivity contribution in [2.75, 3.05) is 31.9 Å². The second kappa shape index (κ2) is 17.3. The Morgan fingerprint density at radius 2 is 1.62 bits per heavy atom. The Hall–Kier alpha value is -7.21. The van der Waals surface area contributed by atoms with Crippen molar-refractivity contribution in [3.63, 3.8) is 0 Å². The van der Waals surface area contributed by atoms with Gasteiger partial charge in [-0.1, -0.05) is 38.1 Å². The van der Waals surface area contributed by atoms with E-state index >= 15 is 0 Å². The first-order chi connectivity index (χ1) is 28.7. The molecule has 0 saturated carbocycles. The highest BCUT2D eigenvalue weighted by molar-refractivity contribution is 5.96. The highest BCUT2D eigenvalue weighted by Gasteiger charge is 2.26. The molecule has 1 saturated heterocycles. The van der Waals surface area contributed by atoms with Gasteiger partial charge >= 0.3 is 11.7 Å². The lowest BCUT2D eigenvalue weighted by Gasteiger charge is -2.35. The minimum atomic E-state index is -1.26. The van der Waals surface area contributed by atoms with Crippen molar-refractivity contribution in [2.24, 2.45) is 0 Å². The number of nitrogens with two attached hydrogens (primary N) is 1. The number of nitrogen functional groups attached to an aromatic ring is 1. The van der Waals surface area contributed by atoms with Crippen molar-refractivity contribution in [1.29, 1.82) is 0 Å². The Morgan fingerprint density at radius 3 is 2.30 bits per heavy atom. The lowest BCUT2D eigenvalue weighted by molar-refractivity contribution is -0.140. The Kier molecular flexibility index (Phi) is 11.8. The Balaban J connectivity index is 0.878. The van der Waals surface area contributed by atoms with Gasteiger partial charge in [0, 0.05) is 57.0 Å². The predicted octanol–water partition coefficient (Wildman–Crippen LogP) is 3.00. The highest BCUT2D eigenvalue weighted by atomic mass is 16.4. The van der Waals surface area contributed by atoms with E-state index in [0.29, 0.717) is 73.4 Å². The van der Waals surface area contributed by atoms with E-state index in [4.69, 9.17) is 5.73 Å². The number of nitrogens with one attached hydrogen (secondary N) is 4. The monoisotopic (exact) mass is 818 g/mol. The summed E-state index contributed by atoms with van der Waals surface area (Å²) in [6.45, 7) is 6.52. The van der Waals surface area contributed by atoms with Crippen molar-refractivity contribution in [1.82, 2.24) is 44.8 Å². The van der Waals surface area contributed by atoms with Gasteiger partial charge in [-0.05, 0) is 77.8 Å². The summed E-state index contributed by atoms with van der Waals surface area (Å²) in [6, 6.07) is 15.7. The summed E-state index contributed by atoms with van der Waals surface area (Å²) < 4.78 is 1.36. The number of fused-ring (bicyclic) bond motifs is 1. The van der Waals surface area contributed by atoms with Gasteiger partial charge in [0.2, 0.25) is 11.9 Å². The van der Waals surface area contributed by atoms with Gasteiger partial charge in [0.15, 0.2) is 5.82 Å². The molecule has 6 aromatic rings. The van der Waals surface area contributed by atoms with Crippen molar-refractivity contribution in [2.45, 2.75) is 58.0 Å². The molecule has 1 aliphatic heterocycles. The number of amides is 2. The van der Waals surface area contributed by atoms with Crippen LogP contribution < -0.4 is 22.3 Å². The lowest BCUT2D eigenvalue weighted by Crippen LogP contribution is -2.49. The molecule has 1 atom stereocenters. The minimum Gasteiger partial charge on any atom is -0.508 e. The topological polar surface area (TPSA) is 269 Å². The average Bonchev–Trinajstić information content (AvgIpc) is 3.82. The number of aromatic hydroxyl groups is 2. The van der Waals surface area contributed by atoms with Crippen LogP contribution in [0, 0.1) is 0 Å². The molecule has 0 aliphatic carbocycles. The molecule has 18 nitrogen and oxygen atoms in total. The van der Waals surface area contributed by atoms with E-state index in [0.717, 1.165) is 16.7 Å². The standard InChI is InChI=1S/C42H46N10O8/c1-23(2)29-19-30(33(54)20-32(29)53)37-48-49-42(60)52(37)28-11-6-25(7-12-28)22-50-15-17-51(18-16-50)34(55)14-13-31(40(58)59)45-38(56)26-8-3-24(4-9-26)5-10-27-21-44-36-35(27)39(57)47-41(43)46-36/h3-4,6-9,11-12,19-21,23,31,53-54H,5,10,13-18,22H2,1-2H3,(H,45,56)(H,49,60)(H,58,59)(H4,43,44,46,47,57). The number of hydrogen-bond donors (Lipinski definition) is 8. The molecule has 9 N–H and O–H groups in total.